The van der Waals surface area contributed by atoms with Crippen LogP contribution < -0.4 is 5.32 Å². The molecule has 3 aliphatic rings. The van der Waals surface area contributed by atoms with Gasteiger partial charge in [0.1, 0.15) is 20.8 Å². The van der Waals surface area contributed by atoms with Gasteiger partial charge in [-0.1, -0.05) is 30.0 Å². The quantitative estimate of drug-likeness (QED) is 0.713. The summed E-state index contributed by atoms with van der Waals surface area (Å²) in [4.78, 5) is 22.3. The van der Waals surface area contributed by atoms with Gasteiger partial charge >= 0.3 is 0 Å². The molecule has 5 rings (SSSR count). The van der Waals surface area contributed by atoms with Crippen molar-refractivity contribution in [2.24, 2.45) is 10.9 Å². The molecule has 2 fully saturated rings. The summed E-state index contributed by atoms with van der Waals surface area (Å²) < 4.78 is 12.5. The predicted molar refractivity (Wildman–Crippen MR) is 113 cm³/mol. The molecular weight excluding hydrogens is 462 g/mol. The van der Waals surface area contributed by atoms with Crippen LogP contribution in [0.5, 0.6) is 0 Å². The number of carbonyl (C=O) groups excluding carboxylic acids is 1. The molecule has 9 heteroatoms. The monoisotopic (exact) mass is 479 g/mol. The molecule has 1 amide bonds. The number of nitrogens with one attached hydrogen (secondary N) is 1. The van der Waals surface area contributed by atoms with Gasteiger partial charge in [0.15, 0.2) is 5.17 Å². The van der Waals surface area contributed by atoms with Crippen LogP contribution in [0, 0.1) is 5.92 Å². The second-order valence-corrected chi connectivity index (χ2v) is 9.99. The first-order valence-corrected chi connectivity index (χ1v) is 11.7. The molecule has 1 aromatic carbocycles. The van der Waals surface area contributed by atoms with Gasteiger partial charge in [0.2, 0.25) is 0 Å². The van der Waals surface area contributed by atoms with Crippen molar-refractivity contribution in [3.63, 3.8) is 0 Å². The zero-order chi connectivity index (χ0) is 19.2. The van der Waals surface area contributed by atoms with E-state index >= 15 is 0 Å². The van der Waals surface area contributed by atoms with Crippen LogP contribution in [0.25, 0.3) is 0 Å². The number of nitrogens with zero attached hydrogens (tertiary/aromatic N) is 2. The Balaban J connectivity index is 1.46. The highest BCUT2D eigenvalue weighted by Crippen LogP contribution is 2.51. The summed E-state index contributed by atoms with van der Waals surface area (Å²) in [6.07, 6.45) is 0.889. The van der Waals surface area contributed by atoms with E-state index in [1.54, 1.807) is 35.2 Å². The summed E-state index contributed by atoms with van der Waals surface area (Å²) in [6, 6.07) is 9.19. The smallest absolute Gasteiger partial charge is 0.257 e. The first kappa shape index (κ1) is 18.7. The fraction of sp³-hybridized carbons (Fsp3) is 0.421. The van der Waals surface area contributed by atoms with E-state index in [9.17, 15) is 4.79 Å². The summed E-state index contributed by atoms with van der Waals surface area (Å²) in [5, 5.41) is 6.50. The summed E-state index contributed by atoms with van der Waals surface area (Å²) in [5.41, 5.74) is -0.129. The molecule has 0 radical (unpaired) electrons. The third-order valence-corrected chi connectivity index (χ3v) is 8.20. The van der Waals surface area contributed by atoms with Gasteiger partial charge in [-0.3, -0.25) is 4.79 Å². The van der Waals surface area contributed by atoms with Crippen molar-refractivity contribution in [2.75, 3.05) is 25.6 Å². The number of hydrogen-bond donors (Lipinski definition) is 1. The van der Waals surface area contributed by atoms with Crippen LogP contribution in [0.3, 0.4) is 0 Å². The van der Waals surface area contributed by atoms with Crippen molar-refractivity contribution >= 4 is 50.1 Å². The Morgan fingerprint density at radius 1 is 1.25 bits per heavy atom. The zero-order valence-electron chi connectivity index (χ0n) is 14.9. The van der Waals surface area contributed by atoms with Gasteiger partial charge in [0.05, 0.1) is 19.8 Å². The number of amides is 1. The molecular formula is C19H18BrN3O3S2. The lowest BCUT2D eigenvalue weighted by atomic mass is 9.75. The minimum atomic E-state index is -0.567. The molecule has 3 aliphatic heterocycles. The second kappa shape index (κ2) is 7.21. The molecule has 2 aromatic rings. The third-order valence-electron chi connectivity index (χ3n) is 5.45. The van der Waals surface area contributed by atoms with Crippen molar-refractivity contribution in [1.29, 1.82) is 0 Å². The molecule has 0 bridgehead atoms. The van der Waals surface area contributed by atoms with Crippen LogP contribution in [-0.2, 0) is 15.0 Å². The molecule has 0 aliphatic carbocycles. The Hall–Kier alpha value is -1.26. The number of aliphatic imine (C=N–C) groups is 1. The number of thiazole rings is 1. The lowest BCUT2D eigenvalue weighted by molar-refractivity contribution is -0.249. The Labute approximate surface area is 179 Å². The van der Waals surface area contributed by atoms with E-state index in [1.807, 2.05) is 23.6 Å². The zero-order valence-corrected chi connectivity index (χ0v) is 18.1. The molecule has 0 saturated carbocycles. The highest BCUT2D eigenvalue weighted by atomic mass is 79.9. The molecule has 0 unspecified atom stereocenters. The van der Waals surface area contributed by atoms with Crippen LogP contribution in [0.1, 0.15) is 21.8 Å². The summed E-state index contributed by atoms with van der Waals surface area (Å²) >= 11 is 6.63. The van der Waals surface area contributed by atoms with Gasteiger partial charge in [0.25, 0.3) is 5.91 Å². The number of fused-ring (bicyclic) bond motifs is 1. The van der Waals surface area contributed by atoms with E-state index in [4.69, 9.17) is 14.5 Å². The van der Waals surface area contributed by atoms with E-state index in [0.29, 0.717) is 30.6 Å². The van der Waals surface area contributed by atoms with Crippen molar-refractivity contribution < 1.29 is 14.3 Å². The van der Waals surface area contributed by atoms with Gasteiger partial charge in [-0.25, -0.2) is 9.98 Å². The Morgan fingerprint density at radius 2 is 2.07 bits per heavy atom. The molecule has 146 valence electrons. The number of hydrogen-bond acceptors (Lipinski definition) is 7. The topological polar surface area (TPSA) is 72.8 Å². The Bertz CT molecular complexity index is 932. The molecule has 2 saturated heterocycles. The van der Waals surface area contributed by atoms with Crippen molar-refractivity contribution in [2.45, 2.75) is 17.6 Å². The van der Waals surface area contributed by atoms with E-state index < -0.39 is 5.54 Å². The number of halogens is 1. The van der Waals surface area contributed by atoms with Crippen LogP contribution in [0.15, 0.2) is 45.3 Å². The van der Waals surface area contributed by atoms with Gasteiger partial charge in [0, 0.05) is 22.6 Å². The maximum Gasteiger partial charge on any atom is 0.257 e. The molecule has 1 aromatic heterocycles. The van der Waals surface area contributed by atoms with Crippen LogP contribution in [0.2, 0.25) is 0 Å². The van der Waals surface area contributed by atoms with Crippen molar-refractivity contribution in [1.82, 2.24) is 10.3 Å². The summed E-state index contributed by atoms with van der Waals surface area (Å²) in [5.74, 6) is 0.989. The molecule has 28 heavy (non-hydrogen) atoms. The minimum absolute atomic E-state index is 0.152. The Kier molecular flexibility index (Phi) is 4.83. The lowest BCUT2D eigenvalue weighted by Gasteiger charge is -2.53. The SMILES string of the molecule is O=C(NC1=N[C@@]2(c3nc(Br)cs3)COC3(COC3)C[C@H]2CS1)c1ccccc1. The molecule has 1 spiro atoms. The standard InChI is InChI=1S/C19H18BrN3O3S2/c20-14-8-27-16(21-14)19-11-26-18(9-25-10-18)6-13(19)7-28-17(23-19)22-15(24)12-4-2-1-3-5-12/h1-5,8,13H,6-7,9-11H2,(H,22,23,24)/t13-,19-/m0/s1. The summed E-state index contributed by atoms with van der Waals surface area (Å²) in [6.45, 7) is 1.74. The largest absolute Gasteiger partial charge is 0.375 e. The Morgan fingerprint density at radius 3 is 2.75 bits per heavy atom. The summed E-state index contributed by atoms with van der Waals surface area (Å²) in [7, 11) is 0. The number of benzene rings is 1. The van der Waals surface area contributed by atoms with E-state index in [-0.39, 0.29) is 17.4 Å². The maximum atomic E-state index is 12.6. The fourth-order valence-corrected chi connectivity index (χ4v) is 6.47. The van der Waals surface area contributed by atoms with Gasteiger partial charge in [-0.15, -0.1) is 11.3 Å². The third kappa shape index (κ3) is 3.23. The van der Waals surface area contributed by atoms with Crippen LogP contribution >= 0.6 is 39.0 Å². The minimum Gasteiger partial charge on any atom is -0.375 e. The predicted octanol–water partition coefficient (Wildman–Crippen LogP) is 3.44. The van der Waals surface area contributed by atoms with Crippen molar-refractivity contribution in [3.05, 3.63) is 50.9 Å². The lowest BCUT2D eigenvalue weighted by Crippen LogP contribution is -2.62. The van der Waals surface area contributed by atoms with Crippen LogP contribution in [-0.4, -0.2) is 47.2 Å². The van der Waals surface area contributed by atoms with E-state index in [0.717, 1.165) is 21.8 Å². The van der Waals surface area contributed by atoms with E-state index in [1.165, 1.54) is 0 Å². The van der Waals surface area contributed by atoms with Gasteiger partial charge in [-0.2, -0.15) is 0 Å². The van der Waals surface area contributed by atoms with Gasteiger partial charge in [-0.05, 0) is 34.5 Å². The van der Waals surface area contributed by atoms with Crippen molar-refractivity contribution in [3.8, 4) is 0 Å². The number of amidine groups is 1. The number of ether oxygens (including phenoxy) is 2. The van der Waals surface area contributed by atoms with Crippen LogP contribution in [0.4, 0.5) is 0 Å². The fourth-order valence-electron chi connectivity index (χ4n) is 3.86. The molecule has 1 N–H and O–H groups in total. The normalized spacial score (nSPS) is 28.2. The number of aromatic nitrogens is 1. The maximum absolute atomic E-state index is 12.6. The number of carbonyl (C=O) groups is 1. The average molecular weight is 480 g/mol. The molecule has 2 atom stereocenters. The molecule has 4 heterocycles. The average Bonchev–Trinajstić information content (AvgIpc) is 3.14. The highest BCUT2D eigenvalue weighted by Gasteiger charge is 2.57. The number of thioether (sulfide) groups is 1. The highest BCUT2D eigenvalue weighted by molar-refractivity contribution is 9.10. The first-order valence-electron chi connectivity index (χ1n) is 9.01. The second-order valence-electron chi connectivity index (χ2n) is 7.31. The first-order chi connectivity index (χ1) is 13.6. The number of rotatable bonds is 2. The van der Waals surface area contributed by atoms with E-state index in [2.05, 4.69) is 26.2 Å². The molecule has 6 nitrogen and oxygen atoms in total. The van der Waals surface area contributed by atoms with Gasteiger partial charge < -0.3 is 14.8 Å².